The smallest absolute Gasteiger partial charge is 0.257 e. The molecule has 1 heterocycles. The van der Waals surface area contributed by atoms with E-state index in [0.29, 0.717) is 23.3 Å². The van der Waals surface area contributed by atoms with Gasteiger partial charge < -0.3 is 15.6 Å². The maximum absolute atomic E-state index is 11.8. The molecule has 2 aromatic rings. The molecule has 2 atom stereocenters. The van der Waals surface area contributed by atoms with Crippen LogP contribution in [0.1, 0.15) is 25.7 Å². The molecule has 0 spiro atoms. The van der Waals surface area contributed by atoms with Crippen LogP contribution in [0.4, 0.5) is 0 Å². The van der Waals surface area contributed by atoms with Crippen LogP contribution in [0, 0.1) is 5.92 Å². The van der Waals surface area contributed by atoms with Crippen molar-refractivity contribution in [3.8, 4) is 11.5 Å². The van der Waals surface area contributed by atoms with Gasteiger partial charge in [-0.3, -0.25) is 4.79 Å². The van der Waals surface area contributed by atoms with Gasteiger partial charge in [0, 0.05) is 23.0 Å². The van der Waals surface area contributed by atoms with Gasteiger partial charge in [-0.15, -0.1) is 12.4 Å². The summed E-state index contributed by atoms with van der Waals surface area (Å²) in [7, 11) is 0. The number of carbonyl (C=O) groups excluding carboxylic acids is 1. The predicted octanol–water partition coefficient (Wildman–Crippen LogP) is 2.58. The largest absolute Gasteiger partial charge is 0.346 e. The molecule has 0 aliphatic heterocycles. The molecule has 3 N–H and O–H groups in total. The predicted molar refractivity (Wildman–Crippen MR) is 86.8 cm³/mol. The zero-order valence-corrected chi connectivity index (χ0v) is 13.8. The summed E-state index contributed by atoms with van der Waals surface area (Å²) in [5.41, 5.74) is 6.23. The molecule has 120 valence electrons. The second kappa shape index (κ2) is 8.12. The van der Waals surface area contributed by atoms with Crippen molar-refractivity contribution in [1.29, 1.82) is 0 Å². The number of rotatable bonds is 5. The summed E-state index contributed by atoms with van der Waals surface area (Å²) in [6, 6.07) is 6.72. The van der Waals surface area contributed by atoms with Crippen molar-refractivity contribution < 1.29 is 9.32 Å². The molecule has 0 fully saturated rings. The van der Waals surface area contributed by atoms with E-state index in [9.17, 15) is 4.79 Å². The molecule has 1 aromatic carbocycles. The Hall–Kier alpha value is -1.63. The third-order valence-electron chi connectivity index (χ3n) is 3.08. The third-order valence-corrected chi connectivity index (χ3v) is 3.33. The van der Waals surface area contributed by atoms with E-state index in [2.05, 4.69) is 15.5 Å². The highest BCUT2D eigenvalue weighted by atomic mass is 35.5. The second-order valence-corrected chi connectivity index (χ2v) is 5.27. The molecule has 8 heteroatoms. The minimum atomic E-state index is -0.351. The molecule has 0 radical (unpaired) electrons. The highest BCUT2D eigenvalue weighted by Crippen LogP contribution is 2.21. The van der Waals surface area contributed by atoms with E-state index in [4.69, 9.17) is 21.9 Å². The van der Waals surface area contributed by atoms with E-state index in [-0.39, 0.29) is 30.3 Å². The number of nitrogens with zero attached hydrogens (tertiary/aromatic N) is 2. The number of nitrogens with two attached hydrogens (primary N) is 1. The van der Waals surface area contributed by atoms with Gasteiger partial charge in [0.1, 0.15) is 0 Å². The average molecular weight is 345 g/mol. The Labute approximate surface area is 139 Å². The highest BCUT2D eigenvalue weighted by Gasteiger charge is 2.19. The Bertz CT molecular complexity index is 616. The zero-order valence-electron chi connectivity index (χ0n) is 12.2. The Balaban J connectivity index is 0.00000242. The minimum absolute atomic E-state index is 0. The van der Waals surface area contributed by atoms with Crippen LogP contribution in [0.2, 0.25) is 5.02 Å². The van der Waals surface area contributed by atoms with E-state index in [1.165, 1.54) is 0 Å². The molecular formula is C14H18Cl2N4O2. The van der Waals surface area contributed by atoms with Gasteiger partial charge in [0.15, 0.2) is 5.82 Å². The van der Waals surface area contributed by atoms with Crippen molar-refractivity contribution in [2.75, 3.05) is 6.54 Å². The van der Waals surface area contributed by atoms with Gasteiger partial charge in [0.25, 0.3) is 5.89 Å². The van der Waals surface area contributed by atoms with Gasteiger partial charge in [-0.05, 0) is 31.2 Å². The van der Waals surface area contributed by atoms with Crippen LogP contribution in [0.25, 0.3) is 11.5 Å². The Morgan fingerprint density at radius 3 is 2.59 bits per heavy atom. The fourth-order valence-electron chi connectivity index (χ4n) is 1.65. The second-order valence-electron chi connectivity index (χ2n) is 4.83. The maximum atomic E-state index is 11.8. The molecule has 1 aromatic heterocycles. The monoisotopic (exact) mass is 344 g/mol. The van der Waals surface area contributed by atoms with Crippen molar-refractivity contribution >= 4 is 29.9 Å². The lowest BCUT2D eigenvalue weighted by molar-refractivity contribution is -0.124. The van der Waals surface area contributed by atoms with E-state index in [1.54, 1.807) is 38.1 Å². The molecule has 1 amide bonds. The fraction of sp³-hybridized carbons (Fsp3) is 0.357. The van der Waals surface area contributed by atoms with Crippen molar-refractivity contribution in [3.05, 3.63) is 35.1 Å². The first kappa shape index (κ1) is 18.4. The molecule has 0 aliphatic carbocycles. The van der Waals surface area contributed by atoms with Crippen molar-refractivity contribution in [1.82, 2.24) is 15.5 Å². The number of benzene rings is 1. The summed E-state index contributed by atoms with van der Waals surface area (Å²) in [5, 5.41) is 7.32. The first-order chi connectivity index (χ1) is 10.0. The number of carbonyl (C=O) groups is 1. The molecule has 0 saturated carbocycles. The van der Waals surface area contributed by atoms with E-state index in [1.807, 2.05) is 0 Å². The lowest BCUT2D eigenvalue weighted by Gasteiger charge is -2.13. The van der Waals surface area contributed by atoms with Crippen LogP contribution in [0.5, 0.6) is 0 Å². The fourth-order valence-corrected chi connectivity index (χ4v) is 1.77. The Morgan fingerprint density at radius 1 is 1.36 bits per heavy atom. The number of amides is 1. The molecular weight excluding hydrogens is 327 g/mol. The van der Waals surface area contributed by atoms with Crippen LogP contribution >= 0.6 is 24.0 Å². The van der Waals surface area contributed by atoms with Crippen molar-refractivity contribution in [2.24, 2.45) is 11.7 Å². The van der Waals surface area contributed by atoms with Gasteiger partial charge in [-0.1, -0.05) is 23.7 Å². The van der Waals surface area contributed by atoms with Crippen LogP contribution in [0.3, 0.4) is 0 Å². The van der Waals surface area contributed by atoms with E-state index in [0.717, 1.165) is 5.56 Å². The molecule has 0 bridgehead atoms. The number of aromatic nitrogens is 2. The van der Waals surface area contributed by atoms with Crippen LogP contribution < -0.4 is 11.1 Å². The highest BCUT2D eigenvalue weighted by molar-refractivity contribution is 6.30. The lowest BCUT2D eigenvalue weighted by atomic mass is 10.1. The van der Waals surface area contributed by atoms with Crippen molar-refractivity contribution in [2.45, 2.75) is 19.9 Å². The number of nitrogens with one attached hydrogen (secondary N) is 1. The van der Waals surface area contributed by atoms with Gasteiger partial charge in [-0.25, -0.2) is 0 Å². The van der Waals surface area contributed by atoms with E-state index >= 15 is 0 Å². The topological polar surface area (TPSA) is 94.0 Å². The summed E-state index contributed by atoms with van der Waals surface area (Å²) in [4.78, 5) is 16.1. The molecule has 6 nitrogen and oxygen atoms in total. The Morgan fingerprint density at radius 2 is 2.00 bits per heavy atom. The number of halogens is 2. The molecule has 2 unspecified atom stereocenters. The van der Waals surface area contributed by atoms with Gasteiger partial charge in [0.05, 0.1) is 6.04 Å². The Kier molecular flexibility index (Phi) is 6.80. The summed E-state index contributed by atoms with van der Waals surface area (Å²) in [6.07, 6.45) is 0. The standard InChI is InChI=1S/C14H17ClN4O2.ClH/c1-8(7-16)13(20)17-9(2)12-18-14(21-19-12)10-3-5-11(15)6-4-10;/h3-6,8-9H,7,16H2,1-2H3,(H,17,20);1H. The number of hydrogen-bond acceptors (Lipinski definition) is 5. The molecule has 0 saturated heterocycles. The zero-order chi connectivity index (χ0) is 15.4. The normalized spacial score (nSPS) is 13.1. The molecule has 22 heavy (non-hydrogen) atoms. The number of hydrogen-bond donors (Lipinski definition) is 2. The minimum Gasteiger partial charge on any atom is -0.346 e. The van der Waals surface area contributed by atoms with Gasteiger partial charge in [-0.2, -0.15) is 4.98 Å². The average Bonchev–Trinajstić information content (AvgIpc) is 2.97. The van der Waals surface area contributed by atoms with Gasteiger partial charge >= 0.3 is 0 Å². The molecule has 0 aliphatic rings. The van der Waals surface area contributed by atoms with Crippen LogP contribution in [-0.4, -0.2) is 22.6 Å². The summed E-state index contributed by atoms with van der Waals surface area (Å²) >= 11 is 5.83. The summed E-state index contributed by atoms with van der Waals surface area (Å²) in [6.45, 7) is 3.84. The van der Waals surface area contributed by atoms with Gasteiger partial charge in [0.2, 0.25) is 5.91 Å². The first-order valence-electron chi connectivity index (χ1n) is 6.61. The van der Waals surface area contributed by atoms with Crippen molar-refractivity contribution in [3.63, 3.8) is 0 Å². The molecule has 2 rings (SSSR count). The third kappa shape index (κ3) is 4.43. The van der Waals surface area contributed by atoms with Crippen LogP contribution in [-0.2, 0) is 4.79 Å². The SMILES string of the molecule is CC(CN)C(=O)NC(C)c1noc(-c2ccc(Cl)cc2)n1.Cl. The van der Waals surface area contributed by atoms with E-state index < -0.39 is 0 Å². The lowest BCUT2D eigenvalue weighted by Crippen LogP contribution is -2.35. The first-order valence-corrected chi connectivity index (χ1v) is 6.99. The van der Waals surface area contributed by atoms with Crippen LogP contribution in [0.15, 0.2) is 28.8 Å². The quantitative estimate of drug-likeness (QED) is 0.869. The summed E-state index contributed by atoms with van der Waals surface area (Å²) < 4.78 is 5.20. The maximum Gasteiger partial charge on any atom is 0.257 e. The summed E-state index contributed by atoms with van der Waals surface area (Å²) in [5.74, 6) is 0.407.